The molecule has 0 saturated carbocycles. The monoisotopic (exact) mass is 396 g/mol. The van der Waals surface area contributed by atoms with Crippen LogP contribution >= 0.6 is 0 Å². The quantitative estimate of drug-likeness (QED) is 0.295. The van der Waals surface area contributed by atoms with Crippen LogP contribution in [0.2, 0.25) is 0 Å². The van der Waals surface area contributed by atoms with Crippen LogP contribution in [-0.4, -0.2) is 30.1 Å². The molecule has 0 aliphatic heterocycles. The van der Waals surface area contributed by atoms with Crippen molar-refractivity contribution in [2.24, 2.45) is 0 Å². The number of nitrogens with zero attached hydrogens (tertiary/aromatic N) is 1. The summed E-state index contributed by atoms with van der Waals surface area (Å²) in [6.07, 6.45) is 3.06. The fourth-order valence-corrected chi connectivity index (χ4v) is 2.74. The summed E-state index contributed by atoms with van der Waals surface area (Å²) >= 11 is 0. The van der Waals surface area contributed by atoms with Gasteiger partial charge in [0.15, 0.2) is 5.57 Å². The van der Waals surface area contributed by atoms with Crippen molar-refractivity contribution in [3.8, 4) is 11.1 Å². The minimum atomic E-state index is -0.719. The summed E-state index contributed by atoms with van der Waals surface area (Å²) in [4.78, 5) is 28.8. The summed E-state index contributed by atoms with van der Waals surface area (Å²) in [6.45, 7) is 7.88. The standard InChI is InChI=1S/C23H28N2O4/c1-5-18-13-17(14-19(6-2)25-18)16-10-9-11-20(12-16)24-15-21(22(26)28-7-3)23(27)29-8-4/h9-15,24H,5-8H2,1-4H3. The fraction of sp³-hybridized carbons (Fsp3) is 0.348. The van der Waals surface area contributed by atoms with E-state index in [4.69, 9.17) is 9.47 Å². The van der Waals surface area contributed by atoms with Gasteiger partial charge in [-0.3, -0.25) is 4.98 Å². The summed E-state index contributed by atoms with van der Waals surface area (Å²) in [5, 5.41) is 3.01. The molecule has 1 aromatic heterocycles. The van der Waals surface area contributed by atoms with Crippen molar-refractivity contribution in [1.29, 1.82) is 0 Å². The first-order valence-corrected chi connectivity index (χ1v) is 9.93. The van der Waals surface area contributed by atoms with Gasteiger partial charge in [-0.05, 0) is 62.1 Å². The molecule has 1 heterocycles. The molecule has 2 rings (SSSR count). The average molecular weight is 396 g/mol. The Morgan fingerprint density at radius 1 is 0.897 bits per heavy atom. The molecular formula is C23H28N2O4. The Morgan fingerprint density at radius 3 is 2.00 bits per heavy atom. The number of ether oxygens (including phenoxy) is 2. The molecule has 0 amide bonds. The summed E-state index contributed by atoms with van der Waals surface area (Å²) in [5.74, 6) is -1.44. The highest BCUT2D eigenvalue weighted by Gasteiger charge is 2.20. The lowest BCUT2D eigenvalue weighted by Gasteiger charge is -2.10. The van der Waals surface area contributed by atoms with E-state index in [-0.39, 0.29) is 18.8 Å². The number of hydrogen-bond acceptors (Lipinski definition) is 6. The van der Waals surface area contributed by atoms with Crippen molar-refractivity contribution >= 4 is 17.6 Å². The maximum absolute atomic E-state index is 12.1. The van der Waals surface area contributed by atoms with Crippen LogP contribution in [0.1, 0.15) is 39.1 Å². The molecule has 6 nitrogen and oxygen atoms in total. The van der Waals surface area contributed by atoms with Gasteiger partial charge in [0.25, 0.3) is 0 Å². The molecule has 0 radical (unpaired) electrons. The SMILES string of the molecule is CCOC(=O)C(=CNc1cccc(-c2cc(CC)nc(CC)c2)c1)C(=O)OCC. The van der Waals surface area contributed by atoms with Crippen LogP contribution in [0.15, 0.2) is 48.2 Å². The molecule has 6 heteroatoms. The molecule has 0 aliphatic carbocycles. The lowest BCUT2D eigenvalue weighted by Crippen LogP contribution is -2.19. The van der Waals surface area contributed by atoms with Crippen LogP contribution in [0.25, 0.3) is 11.1 Å². The van der Waals surface area contributed by atoms with Gasteiger partial charge in [0.2, 0.25) is 0 Å². The zero-order chi connectivity index (χ0) is 21.2. The smallest absolute Gasteiger partial charge is 0.347 e. The number of rotatable bonds is 9. The first-order chi connectivity index (χ1) is 14.0. The van der Waals surface area contributed by atoms with Crippen molar-refractivity contribution < 1.29 is 19.1 Å². The third-order valence-electron chi connectivity index (χ3n) is 4.23. The van der Waals surface area contributed by atoms with Crippen LogP contribution in [0.4, 0.5) is 5.69 Å². The summed E-state index contributed by atoms with van der Waals surface area (Å²) < 4.78 is 9.90. The van der Waals surface area contributed by atoms with E-state index in [2.05, 4.69) is 36.3 Å². The van der Waals surface area contributed by atoms with Crippen LogP contribution in [0.5, 0.6) is 0 Å². The number of benzene rings is 1. The van der Waals surface area contributed by atoms with Gasteiger partial charge in [-0.1, -0.05) is 26.0 Å². The minimum Gasteiger partial charge on any atom is -0.462 e. The molecule has 29 heavy (non-hydrogen) atoms. The second-order valence-electron chi connectivity index (χ2n) is 6.27. The van der Waals surface area contributed by atoms with Crippen molar-refractivity contribution in [2.45, 2.75) is 40.5 Å². The highest BCUT2D eigenvalue weighted by molar-refractivity contribution is 6.14. The van der Waals surface area contributed by atoms with Gasteiger partial charge in [-0.15, -0.1) is 0 Å². The first-order valence-electron chi connectivity index (χ1n) is 9.93. The molecule has 0 spiro atoms. The van der Waals surface area contributed by atoms with Crippen molar-refractivity contribution in [3.63, 3.8) is 0 Å². The molecule has 0 atom stereocenters. The van der Waals surface area contributed by atoms with Gasteiger partial charge in [0.05, 0.1) is 13.2 Å². The molecule has 1 aromatic carbocycles. The molecule has 2 aromatic rings. The van der Waals surface area contributed by atoms with E-state index in [1.807, 2.05) is 24.3 Å². The van der Waals surface area contributed by atoms with Gasteiger partial charge in [0, 0.05) is 23.3 Å². The maximum atomic E-state index is 12.1. The second kappa shape index (κ2) is 11.0. The summed E-state index contributed by atoms with van der Waals surface area (Å²) in [6, 6.07) is 11.9. The molecule has 0 saturated heterocycles. The van der Waals surface area contributed by atoms with Crippen LogP contribution < -0.4 is 5.32 Å². The Balaban J connectivity index is 2.31. The van der Waals surface area contributed by atoms with Gasteiger partial charge in [-0.25, -0.2) is 9.59 Å². The number of anilines is 1. The molecule has 0 aliphatic rings. The third kappa shape index (κ3) is 6.17. The normalized spacial score (nSPS) is 10.2. The van der Waals surface area contributed by atoms with Crippen LogP contribution in [0.3, 0.4) is 0 Å². The zero-order valence-corrected chi connectivity index (χ0v) is 17.5. The lowest BCUT2D eigenvalue weighted by atomic mass is 10.0. The highest BCUT2D eigenvalue weighted by atomic mass is 16.6. The van der Waals surface area contributed by atoms with E-state index in [1.54, 1.807) is 13.8 Å². The number of aromatic nitrogens is 1. The van der Waals surface area contributed by atoms with Gasteiger partial charge in [0.1, 0.15) is 0 Å². The van der Waals surface area contributed by atoms with E-state index >= 15 is 0 Å². The van der Waals surface area contributed by atoms with Gasteiger partial charge in [-0.2, -0.15) is 0 Å². The largest absolute Gasteiger partial charge is 0.462 e. The third-order valence-corrected chi connectivity index (χ3v) is 4.23. The highest BCUT2D eigenvalue weighted by Crippen LogP contribution is 2.25. The number of aryl methyl sites for hydroxylation is 2. The van der Waals surface area contributed by atoms with E-state index < -0.39 is 11.9 Å². The second-order valence-corrected chi connectivity index (χ2v) is 6.27. The molecule has 1 N–H and O–H groups in total. The Labute approximate surface area is 171 Å². The lowest BCUT2D eigenvalue weighted by molar-refractivity contribution is -0.146. The van der Waals surface area contributed by atoms with Crippen molar-refractivity contribution in [3.05, 3.63) is 59.6 Å². The van der Waals surface area contributed by atoms with E-state index in [0.29, 0.717) is 0 Å². The first kappa shape index (κ1) is 22.1. The Kier molecular flexibility index (Phi) is 8.40. The van der Waals surface area contributed by atoms with E-state index in [1.165, 1.54) is 6.20 Å². The van der Waals surface area contributed by atoms with Crippen molar-refractivity contribution in [1.82, 2.24) is 4.98 Å². The summed E-state index contributed by atoms with van der Waals surface area (Å²) in [5.41, 5.74) is 4.75. The van der Waals surface area contributed by atoms with E-state index in [0.717, 1.165) is 41.0 Å². The van der Waals surface area contributed by atoms with Gasteiger partial charge >= 0.3 is 11.9 Å². The predicted molar refractivity (Wildman–Crippen MR) is 113 cm³/mol. The molecular weight excluding hydrogens is 368 g/mol. The van der Waals surface area contributed by atoms with Crippen molar-refractivity contribution in [2.75, 3.05) is 18.5 Å². The predicted octanol–water partition coefficient (Wildman–Crippen LogP) is 4.30. The minimum absolute atomic E-state index is 0.173. The van der Waals surface area contributed by atoms with Crippen LogP contribution in [0, 0.1) is 0 Å². The van der Waals surface area contributed by atoms with Gasteiger partial charge < -0.3 is 14.8 Å². The number of hydrogen-bond donors (Lipinski definition) is 1. The van der Waals surface area contributed by atoms with E-state index in [9.17, 15) is 9.59 Å². The number of nitrogens with one attached hydrogen (secondary N) is 1. The molecule has 154 valence electrons. The Bertz CT molecular complexity index is 848. The number of carbonyl (C=O) groups excluding carboxylic acids is 2. The number of pyridine rings is 1. The molecule has 0 bridgehead atoms. The topological polar surface area (TPSA) is 77.5 Å². The van der Waals surface area contributed by atoms with Crippen LogP contribution in [-0.2, 0) is 31.9 Å². The fourth-order valence-electron chi connectivity index (χ4n) is 2.74. The maximum Gasteiger partial charge on any atom is 0.347 e. The average Bonchev–Trinajstić information content (AvgIpc) is 2.74. The Hall–Kier alpha value is -3.15. The molecule has 0 fully saturated rings. The number of esters is 2. The molecule has 0 unspecified atom stereocenters. The summed E-state index contributed by atoms with van der Waals surface area (Å²) in [7, 11) is 0. The zero-order valence-electron chi connectivity index (χ0n) is 17.5. The number of carbonyl (C=O) groups is 2. The Morgan fingerprint density at radius 2 is 1.48 bits per heavy atom.